The highest BCUT2D eigenvalue weighted by Crippen LogP contribution is 2.40. The predicted octanol–water partition coefficient (Wildman–Crippen LogP) is 1.84. The SMILES string of the molecule is CC(N)=N/C=N\C(=C(/C)N)N(N)C1CCCCC1C(F)(F)F. The standard InChI is InChI=1S/C13H23F3N6/c1-8(17)12(21-7-20-9(2)18)22(19)11-6-4-3-5-10(11)13(14,15)16/h7,10-11H,3-6,17,19H2,1-2H3,(H2,18,20,21)/b12-8-. The van der Waals surface area contributed by atoms with Crippen molar-refractivity contribution in [2.24, 2.45) is 33.2 Å². The molecule has 0 spiro atoms. The fourth-order valence-corrected chi connectivity index (χ4v) is 2.53. The highest BCUT2D eigenvalue weighted by atomic mass is 19.4. The second-order valence-electron chi connectivity index (χ2n) is 5.43. The molecule has 126 valence electrons. The van der Waals surface area contributed by atoms with Gasteiger partial charge in [-0.3, -0.25) is 5.01 Å². The first-order chi connectivity index (χ1) is 10.1. The predicted molar refractivity (Wildman–Crippen MR) is 80.5 cm³/mol. The van der Waals surface area contributed by atoms with Crippen molar-refractivity contribution in [3.05, 3.63) is 11.5 Å². The van der Waals surface area contributed by atoms with Crippen molar-refractivity contribution < 1.29 is 13.2 Å². The summed E-state index contributed by atoms with van der Waals surface area (Å²) in [6, 6.07) is -0.887. The van der Waals surface area contributed by atoms with E-state index in [2.05, 4.69) is 9.98 Å². The first kappa shape index (κ1) is 18.3. The molecule has 1 aliphatic rings. The molecular weight excluding hydrogens is 297 g/mol. The van der Waals surface area contributed by atoms with Gasteiger partial charge in [-0.05, 0) is 26.7 Å². The van der Waals surface area contributed by atoms with Crippen molar-refractivity contribution >= 4 is 12.2 Å². The van der Waals surface area contributed by atoms with E-state index in [1.54, 1.807) is 6.92 Å². The number of aliphatic imine (C=N–C) groups is 2. The Kier molecular flexibility index (Phi) is 6.21. The molecule has 6 nitrogen and oxygen atoms in total. The van der Waals surface area contributed by atoms with Crippen LogP contribution in [0, 0.1) is 5.92 Å². The smallest absolute Gasteiger partial charge is 0.393 e. The van der Waals surface area contributed by atoms with Crippen LogP contribution in [0.2, 0.25) is 0 Å². The van der Waals surface area contributed by atoms with Gasteiger partial charge in [0, 0.05) is 5.70 Å². The zero-order valence-electron chi connectivity index (χ0n) is 12.8. The van der Waals surface area contributed by atoms with E-state index in [1.807, 2.05) is 0 Å². The molecule has 0 saturated heterocycles. The van der Waals surface area contributed by atoms with Crippen molar-refractivity contribution in [3.63, 3.8) is 0 Å². The second kappa shape index (κ2) is 7.48. The van der Waals surface area contributed by atoms with Crippen LogP contribution >= 0.6 is 0 Å². The van der Waals surface area contributed by atoms with Crippen LogP contribution in [0.15, 0.2) is 21.5 Å². The number of nitrogens with zero attached hydrogens (tertiary/aromatic N) is 3. The van der Waals surface area contributed by atoms with Gasteiger partial charge in [0.15, 0.2) is 5.82 Å². The molecule has 1 aliphatic carbocycles. The van der Waals surface area contributed by atoms with Gasteiger partial charge in [-0.15, -0.1) is 0 Å². The van der Waals surface area contributed by atoms with Crippen LogP contribution in [0.5, 0.6) is 0 Å². The van der Waals surface area contributed by atoms with E-state index >= 15 is 0 Å². The maximum atomic E-state index is 13.2. The second-order valence-corrected chi connectivity index (χ2v) is 5.43. The molecule has 0 radical (unpaired) electrons. The molecule has 0 aromatic heterocycles. The minimum atomic E-state index is -4.30. The molecule has 1 rings (SSSR count). The summed E-state index contributed by atoms with van der Waals surface area (Å²) >= 11 is 0. The Labute approximate surface area is 127 Å². The van der Waals surface area contributed by atoms with E-state index in [1.165, 1.54) is 6.92 Å². The summed E-state index contributed by atoms with van der Waals surface area (Å²) in [5.74, 6) is 4.76. The summed E-state index contributed by atoms with van der Waals surface area (Å²) in [5.41, 5.74) is 11.3. The number of halogens is 3. The Bertz CT molecular complexity index is 461. The zero-order chi connectivity index (χ0) is 16.9. The van der Waals surface area contributed by atoms with E-state index in [-0.39, 0.29) is 23.8 Å². The maximum Gasteiger partial charge on any atom is 0.393 e. The average Bonchev–Trinajstić information content (AvgIpc) is 2.41. The summed E-state index contributed by atoms with van der Waals surface area (Å²) in [5, 5.41) is 1.02. The van der Waals surface area contributed by atoms with Crippen molar-refractivity contribution in [1.82, 2.24) is 5.01 Å². The third-order valence-electron chi connectivity index (χ3n) is 3.55. The van der Waals surface area contributed by atoms with Crippen molar-refractivity contribution in [2.45, 2.75) is 51.7 Å². The average molecular weight is 320 g/mol. The Morgan fingerprint density at radius 3 is 2.27 bits per heavy atom. The van der Waals surface area contributed by atoms with Gasteiger partial charge in [-0.25, -0.2) is 15.8 Å². The molecule has 1 saturated carbocycles. The molecule has 0 heterocycles. The number of alkyl halides is 3. The van der Waals surface area contributed by atoms with Gasteiger partial charge in [0.1, 0.15) is 6.34 Å². The lowest BCUT2D eigenvalue weighted by Crippen LogP contribution is -2.50. The molecule has 0 amide bonds. The molecule has 0 aromatic carbocycles. The Balaban J connectivity index is 3.02. The minimum absolute atomic E-state index is 0.0581. The van der Waals surface area contributed by atoms with E-state index in [4.69, 9.17) is 17.3 Å². The lowest BCUT2D eigenvalue weighted by Gasteiger charge is -2.39. The number of amidine groups is 1. The van der Waals surface area contributed by atoms with Gasteiger partial charge in [0.05, 0.1) is 17.8 Å². The lowest BCUT2D eigenvalue weighted by molar-refractivity contribution is -0.197. The summed E-state index contributed by atoms with van der Waals surface area (Å²) in [4.78, 5) is 7.70. The van der Waals surface area contributed by atoms with Crippen LogP contribution in [0.3, 0.4) is 0 Å². The van der Waals surface area contributed by atoms with Gasteiger partial charge in [0.25, 0.3) is 0 Å². The fourth-order valence-electron chi connectivity index (χ4n) is 2.53. The fraction of sp³-hybridized carbons (Fsp3) is 0.692. The summed E-state index contributed by atoms with van der Waals surface area (Å²) in [6.07, 6.45) is -1.55. The molecular formula is C13H23F3N6. The lowest BCUT2D eigenvalue weighted by atomic mass is 9.83. The summed E-state index contributed by atoms with van der Waals surface area (Å²) in [7, 11) is 0. The number of hydrogen-bond donors (Lipinski definition) is 3. The van der Waals surface area contributed by atoms with Crippen LogP contribution in [-0.4, -0.2) is 29.4 Å². The third-order valence-corrected chi connectivity index (χ3v) is 3.55. The van der Waals surface area contributed by atoms with Gasteiger partial charge in [0.2, 0.25) is 0 Å². The molecule has 0 aromatic rings. The molecule has 1 fully saturated rings. The van der Waals surface area contributed by atoms with Gasteiger partial charge in [-0.1, -0.05) is 12.8 Å². The van der Waals surface area contributed by atoms with Gasteiger partial charge >= 0.3 is 6.18 Å². The number of allylic oxidation sites excluding steroid dienone is 1. The number of rotatable bonds is 4. The molecule has 0 bridgehead atoms. The first-order valence-electron chi connectivity index (χ1n) is 7.04. The largest absolute Gasteiger partial charge is 0.399 e. The first-order valence-corrected chi connectivity index (χ1v) is 7.04. The topological polar surface area (TPSA) is 106 Å². The highest BCUT2D eigenvalue weighted by Gasteiger charge is 2.47. The third kappa shape index (κ3) is 4.90. The van der Waals surface area contributed by atoms with Crippen LogP contribution < -0.4 is 17.3 Å². The van der Waals surface area contributed by atoms with Crippen LogP contribution in [0.4, 0.5) is 13.2 Å². The molecule has 9 heteroatoms. The molecule has 22 heavy (non-hydrogen) atoms. The summed E-state index contributed by atoms with van der Waals surface area (Å²) in [6.45, 7) is 3.09. The highest BCUT2D eigenvalue weighted by molar-refractivity contribution is 5.85. The number of hydrogen-bond acceptors (Lipinski definition) is 4. The van der Waals surface area contributed by atoms with Crippen molar-refractivity contribution in [2.75, 3.05) is 0 Å². The van der Waals surface area contributed by atoms with Gasteiger partial charge < -0.3 is 11.5 Å². The van der Waals surface area contributed by atoms with Crippen molar-refractivity contribution in [1.29, 1.82) is 0 Å². The molecule has 2 atom stereocenters. The van der Waals surface area contributed by atoms with Crippen LogP contribution in [0.25, 0.3) is 0 Å². The van der Waals surface area contributed by atoms with E-state index in [9.17, 15) is 13.2 Å². The maximum absolute atomic E-state index is 13.2. The van der Waals surface area contributed by atoms with E-state index < -0.39 is 18.1 Å². The Morgan fingerprint density at radius 1 is 1.18 bits per heavy atom. The van der Waals surface area contributed by atoms with E-state index in [0.717, 1.165) is 11.3 Å². The minimum Gasteiger partial charge on any atom is -0.399 e. The normalized spacial score (nSPS) is 25.3. The summed E-state index contributed by atoms with van der Waals surface area (Å²) < 4.78 is 39.5. The number of nitrogens with two attached hydrogens (primary N) is 3. The monoisotopic (exact) mass is 320 g/mol. The molecule has 0 aliphatic heterocycles. The van der Waals surface area contributed by atoms with Crippen LogP contribution in [0.1, 0.15) is 39.5 Å². The number of hydrazine groups is 1. The molecule has 2 unspecified atom stereocenters. The van der Waals surface area contributed by atoms with Crippen molar-refractivity contribution in [3.8, 4) is 0 Å². The van der Waals surface area contributed by atoms with Crippen LogP contribution in [-0.2, 0) is 0 Å². The van der Waals surface area contributed by atoms with Gasteiger partial charge in [-0.2, -0.15) is 13.2 Å². The Hall–Kier alpha value is -1.77. The quantitative estimate of drug-likeness (QED) is 0.318. The van der Waals surface area contributed by atoms with E-state index in [0.29, 0.717) is 19.3 Å². The zero-order valence-corrected chi connectivity index (χ0v) is 12.8. The molecule has 6 N–H and O–H groups in total. The Morgan fingerprint density at radius 2 is 1.77 bits per heavy atom.